The van der Waals surface area contributed by atoms with Crippen molar-refractivity contribution in [2.75, 3.05) is 7.11 Å². The Balaban J connectivity index is 2.30. The first-order chi connectivity index (χ1) is 9.33. The summed E-state index contributed by atoms with van der Waals surface area (Å²) in [5.41, 5.74) is 1.76. The van der Waals surface area contributed by atoms with Gasteiger partial charge in [0.2, 0.25) is 0 Å². The number of rotatable bonds is 3. The van der Waals surface area contributed by atoms with E-state index in [9.17, 15) is 0 Å². The molecule has 0 aliphatic rings. The normalized spacial score (nSPS) is 10.8. The van der Waals surface area contributed by atoms with Crippen LogP contribution in [0.15, 0.2) is 47.0 Å². The van der Waals surface area contributed by atoms with Crippen LogP contribution in [0.3, 0.4) is 0 Å². The molecule has 0 amide bonds. The summed E-state index contributed by atoms with van der Waals surface area (Å²) in [6, 6.07) is 14.1. The molecule has 96 valence electrons. The highest BCUT2D eigenvalue weighted by atomic mass is 79.9. The van der Waals surface area contributed by atoms with Crippen LogP contribution in [0.4, 0.5) is 0 Å². The SMILES string of the molecule is COc1ccc2ccccc2c1-c1cc(CBr)on1. The lowest BCUT2D eigenvalue weighted by Crippen LogP contribution is -1.89. The van der Waals surface area contributed by atoms with Crippen molar-refractivity contribution in [2.24, 2.45) is 0 Å². The second-order valence-electron chi connectivity index (χ2n) is 4.18. The number of methoxy groups -OCH3 is 1. The Labute approximate surface area is 119 Å². The van der Waals surface area contributed by atoms with Gasteiger partial charge in [-0.05, 0) is 16.8 Å². The van der Waals surface area contributed by atoms with Gasteiger partial charge in [0.05, 0.1) is 18.0 Å². The number of aromatic nitrogens is 1. The average molecular weight is 318 g/mol. The Hall–Kier alpha value is -1.81. The highest BCUT2D eigenvalue weighted by Gasteiger charge is 2.14. The zero-order valence-electron chi connectivity index (χ0n) is 10.4. The summed E-state index contributed by atoms with van der Waals surface area (Å²) in [6.45, 7) is 0. The Morgan fingerprint density at radius 2 is 2.05 bits per heavy atom. The molecule has 0 unspecified atom stereocenters. The molecule has 1 heterocycles. The predicted molar refractivity (Wildman–Crippen MR) is 78.6 cm³/mol. The maximum Gasteiger partial charge on any atom is 0.147 e. The highest BCUT2D eigenvalue weighted by Crippen LogP contribution is 2.36. The molecule has 2 aromatic carbocycles. The zero-order valence-corrected chi connectivity index (χ0v) is 12.0. The van der Waals surface area contributed by atoms with Crippen molar-refractivity contribution in [1.82, 2.24) is 5.16 Å². The van der Waals surface area contributed by atoms with Crippen molar-refractivity contribution >= 4 is 26.7 Å². The molecule has 0 atom stereocenters. The quantitative estimate of drug-likeness (QED) is 0.672. The van der Waals surface area contributed by atoms with E-state index in [1.54, 1.807) is 7.11 Å². The fraction of sp³-hybridized carbons (Fsp3) is 0.133. The molecule has 0 N–H and O–H groups in total. The van der Waals surface area contributed by atoms with Crippen LogP contribution >= 0.6 is 15.9 Å². The van der Waals surface area contributed by atoms with Gasteiger partial charge in [0.25, 0.3) is 0 Å². The number of fused-ring (bicyclic) bond motifs is 1. The van der Waals surface area contributed by atoms with Crippen molar-refractivity contribution in [3.8, 4) is 17.0 Å². The molecule has 0 aliphatic heterocycles. The second-order valence-corrected chi connectivity index (χ2v) is 4.74. The summed E-state index contributed by atoms with van der Waals surface area (Å²) in [6.07, 6.45) is 0. The third kappa shape index (κ3) is 2.12. The summed E-state index contributed by atoms with van der Waals surface area (Å²) in [5.74, 6) is 1.60. The van der Waals surface area contributed by atoms with E-state index in [0.717, 1.165) is 33.5 Å². The molecule has 3 nitrogen and oxygen atoms in total. The van der Waals surface area contributed by atoms with Crippen molar-refractivity contribution in [3.05, 3.63) is 48.2 Å². The molecule has 0 saturated carbocycles. The van der Waals surface area contributed by atoms with Gasteiger partial charge >= 0.3 is 0 Å². The fourth-order valence-electron chi connectivity index (χ4n) is 2.18. The second kappa shape index (κ2) is 5.05. The minimum absolute atomic E-state index is 0.646. The smallest absolute Gasteiger partial charge is 0.147 e. The van der Waals surface area contributed by atoms with Crippen LogP contribution in [0.1, 0.15) is 5.76 Å². The Morgan fingerprint density at radius 1 is 1.21 bits per heavy atom. The Bertz CT molecular complexity index is 721. The third-order valence-corrected chi connectivity index (χ3v) is 3.61. The van der Waals surface area contributed by atoms with E-state index >= 15 is 0 Å². The van der Waals surface area contributed by atoms with Crippen LogP contribution in [-0.2, 0) is 5.33 Å². The Kier molecular flexibility index (Phi) is 3.25. The molecule has 0 spiro atoms. The molecule has 1 aromatic heterocycles. The number of ether oxygens (including phenoxy) is 1. The minimum Gasteiger partial charge on any atom is -0.496 e. The summed E-state index contributed by atoms with van der Waals surface area (Å²) >= 11 is 3.36. The van der Waals surface area contributed by atoms with Gasteiger partial charge in [0.1, 0.15) is 17.2 Å². The molecule has 3 rings (SSSR count). The maximum absolute atomic E-state index is 5.46. The molecule has 0 fully saturated rings. The number of alkyl halides is 1. The van der Waals surface area contributed by atoms with Crippen molar-refractivity contribution in [1.29, 1.82) is 0 Å². The highest BCUT2D eigenvalue weighted by molar-refractivity contribution is 9.08. The van der Waals surface area contributed by atoms with Gasteiger partial charge in [-0.1, -0.05) is 51.4 Å². The van der Waals surface area contributed by atoms with Crippen LogP contribution < -0.4 is 4.74 Å². The first-order valence-electron chi connectivity index (χ1n) is 5.91. The molecular formula is C15H12BrNO2. The monoisotopic (exact) mass is 317 g/mol. The van der Waals surface area contributed by atoms with Gasteiger partial charge in [0.15, 0.2) is 0 Å². The molecular weight excluding hydrogens is 306 g/mol. The first kappa shape index (κ1) is 12.2. The van der Waals surface area contributed by atoms with E-state index in [0.29, 0.717) is 5.33 Å². The van der Waals surface area contributed by atoms with Crippen molar-refractivity contribution in [3.63, 3.8) is 0 Å². The maximum atomic E-state index is 5.46. The standard InChI is InChI=1S/C15H12BrNO2/c1-18-14-7-6-10-4-2-3-5-12(10)15(14)13-8-11(9-16)19-17-13/h2-8H,9H2,1H3. The lowest BCUT2D eigenvalue weighted by molar-refractivity contribution is 0.395. The lowest BCUT2D eigenvalue weighted by Gasteiger charge is -2.09. The van der Waals surface area contributed by atoms with Crippen LogP contribution in [0.25, 0.3) is 22.0 Å². The summed E-state index contributed by atoms with van der Waals surface area (Å²) in [5, 5.41) is 7.04. The largest absolute Gasteiger partial charge is 0.496 e. The number of hydrogen-bond donors (Lipinski definition) is 0. The van der Waals surface area contributed by atoms with Crippen LogP contribution in [-0.4, -0.2) is 12.3 Å². The zero-order chi connectivity index (χ0) is 13.2. The predicted octanol–water partition coefficient (Wildman–Crippen LogP) is 4.40. The molecule has 0 saturated heterocycles. The van der Waals surface area contributed by atoms with Gasteiger partial charge in [-0.3, -0.25) is 0 Å². The van der Waals surface area contributed by atoms with Crippen molar-refractivity contribution < 1.29 is 9.26 Å². The van der Waals surface area contributed by atoms with Gasteiger partial charge in [-0.15, -0.1) is 0 Å². The molecule has 4 heteroatoms. The summed E-state index contributed by atoms with van der Waals surface area (Å²) in [7, 11) is 1.67. The van der Waals surface area contributed by atoms with Crippen LogP contribution in [0, 0.1) is 0 Å². The van der Waals surface area contributed by atoms with E-state index < -0.39 is 0 Å². The number of halogens is 1. The first-order valence-corrected chi connectivity index (χ1v) is 7.03. The van der Waals surface area contributed by atoms with Gasteiger partial charge in [0, 0.05) is 6.07 Å². The topological polar surface area (TPSA) is 35.3 Å². The fourth-order valence-corrected chi connectivity index (χ4v) is 2.44. The lowest BCUT2D eigenvalue weighted by atomic mass is 10.0. The van der Waals surface area contributed by atoms with E-state index in [-0.39, 0.29) is 0 Å². The van der Waals surface area contributed by atoms with Gasteiger partial charge in [-0.25, -0.2) is 0 Å². The Morgan fingerprint density at radius 3 is 2.79 bits per heavy atom. The molecule has 0 aliphatic carbocycles. The summed E-state index contributed by atoms with van der Waals surface area (Å²) < 4.78 is 10.7. The average Bonchev–Trinajstić information content (AvgIpc) is 2.94. The minimum atomic E-state index is 0.646. The van der Waals surface area contributed by atoms with E-state index in [1.807, 2.05) is 30.3 Å². The van der Waals surface area contributed by atoms with E-state index in [1.165, 1.54) is 0 Å². The molecule has 0 bridgehead atoms. The number of nitrogens with zero attached hydrogens (tertiary/aromatic N) is 1. The van der Waals surface area contributed by atoms with E-state index in [4.69, 9.17) is 9.26 Å². The third-order valence-electron chi connectivity index (χ3n) is 3.06. The number of hydrogen-bond acceptors (Lipinski definition) is 3. The molecule has 19 heavy (non-hydrogen) atoms. The summed E-state index contributed by atoms with van der Waals surface area (Å²) in [4.78, 5) is 0. The van der Waals surface area contributed by atoms with Gasteiger partial charge < -0.3 is 9.26 Å². The van der Waals surface area contributed by atoms with Crippen LogP contribution in [0.2, 0.25) is 0 Å². The van der Waals surface area contributed by atoms with Gasteiger partial charge in [-0.2, -0.15) is 0 Å². The number of benzene rings is 2. The van der Waals surface area contributed by atoms with Crippen molar-refractivity contribution in [2.45, 2.75) is 5.33 Å². The molecule has 0 radical (unpaired) electrons. The molecule has 3 aromatic rings. The van der Waals surface area contributed by atoms with Crippen LogP contribution in [0.5, 0.6) is 5.75 Å². The van der Waals surface area contributed by atoms with E-state index in [2.05, 4.69) is 33.2 Å².